The van der Waals surface area contributed by atoms with Crippen LogP contribution in [0.25, 0.3) is 0 Å². The molecule has 2 atom stereocenters. The normalized spacial score (nSPS) is 31.1. The number of hydrogen-bond acceptors (Lipinski definition) is 2. The molecule has 1 saturated carbocycles. The topological polar surface area (TPSA) is 20.3 Å². The van der Waals surface area contributed by atoms with Gasteiger partial charge in [0.05, 0.1) is 0 Å². The molecule has 1 saturated heterocycles. The molecule has 0 aromatic heterocycles. The third-order valence-electron chi connectivity index (χ3n) is 4.96. The van der Waals surface area contributed by atoms with Crippen LogP contribution in [0.3, 0.4) is 0 Å². The van der Waals surface area contributed by atoms with Gasteiger partial charge in [0.25, 0.3) is 0 Å². The summed E-state index contributed by atoms with van der Waals surface area (Å²) >= 11 is 0. The predicted octanol–water partition coefficient (Wildman–Crippen LogP) is 3.12. The maximum absolute atomic E-state index is 10.9. The van der Waals surface area contributed by atoms with Crippen molar-refractivity contribution < 1.29 is 4.79 Å². The number of carbonyl (C=O) groups excluding carboxylic acids is 1. The standard InChI is InChI=1S/C17H23NO/c19-10-9-17-15-7-4-8-16(17)13-18(12-15)11-14-5-2-1-3-6-14/h1-3,5-6,10,15-17H,4,7-9,11-13H2. The first kappa shape index (κ1) is 12.9. The summed E-state index contributed by atoms with van der Waals surface area (Å²) in [4.78, 5) is 13.5. The number of carbonyl (C=O) groups is 1. The second kappa shape index (κ2) is 5.87. The quantitative estimate of drug-likeness (QED) is 0.772. The number of nitrogens with zero attached hydrogens (tertiary/aromatic N) is 1. The zero-order valence-electron chi connectivity index (χ0n) is 11.5. The number of aldehydes is 1. The second-order valence-corrected chi connectivity index (χ2v) is 6.20. The van der Waals surface area contributed by atoms with Crippen LogP contribution in [-0.4, -0.2) is 24.3 Å². The highest BCUT2D eigenvalue weighted by atomic mass is 16.1. The Bertz CT molecular complexity index is 403. The monoisotopic (exact) mass is 257 g/mol. The number of piperidine rings is 1. The lowest BCUT2D eigenvalue weighted by molar-refractivity contribution is -0.110. The molecule has 1 heterocycles. The molecule has 2 unspecified atom stereocenters. The van der Waals surface area contributed by atoms with E-state index >= 15 is 0 Å². The van der Waals surface area contributed by atoms with Gasteiger partial charge in [-0.25, -0.2) is 0 Å². The maximum Gasteiger partial charge on any atom is 0.120 e. The van der Waals surface area contributed by atoms with Crippen LogP contribution in [0.5, 0.6) is 0 Å². The van der Waals surface area contributed by atoms with Crippen LogP contribution >= 0.6 is 0 Å². The summed E-state index contributed by atoms with van der Waals surface area (Å²) in [5.74, 6) is 2.17. The van der Waals surface area contributed by atoms with Gasteiger partial charge in [-0.3, -0.25) is 4.90 Å². The van der Waals surface area contributed by atoms with Gasteiger partial charge in [0.1, 0.15) is 6.29 Å². The van der Waals surface area contributed by atoms with Crippen LogP contribution < -0.4 is 0 Å². The van der Waals surface area contributed by atoms with Crippen LogP contribution in [0.2, 0.25) is 0 Å². The molecule has 1 aromatic carbocycles. The van der Waals surface area contributed by atoms with Crippen molar-refractivity contribution in [2.45, 2.75) is 32.2 Å². The Labute approximate surface area is 115 Å². The van der Waals surface area contributed by atoms with Crippen molar-refractivity contribution >= 4 is 6.29 Å². The van der Waals surface area contributed by atoms with Gasteiger partial charge in [0.2, 0.25) is 0 Å². The molecule has 2 heteroatoms. The summed E-state index contributed by atoms with van der Waals surface area (Å²) < 4.78 is 0. The number of benzene rings is 1. The molecule has 1 aliphatic heterocycles. The van der Waals surface area contributed by atoms with Gasteiger partial charge in [0.15, 0.2) is 0 Å². The molecule has 0 N–H and O–H groups in total. The third-order valence-corrected chi connectivity index (χ3v) is 4.96. The summed E-state index contributed by atoms with van der Waals surface area (Å²) in [6, 6.07) is 10.7. The van der Waals surface area contributed by atoms with E-state index in [-0.39, 0.29) is 0 Å². The lowest BCUT2D eigenvalue weighted by Crippen LogP contribution is -2.48. The summed E-state index contributed by atoms with van der Waals surface area (Å²) in [7, 11) is 0. The van der Waals surface area contributed by atoms with Gasteiger partial charge < -0.3 is 4.79 Å². The van der Waals surface area contributed by atoms with Crippen LogP contribution in [0.4, 0.5) is 0 Å². The van der Waals surface area contributed by atoms with E-state index in [0.29, 0.717) is 5.92 Å². The van der Waals surface area contributed by atoms with E-state index in [1.165, 1.54) is 37.9 Å². The number of likely N-dealkylation sites (tertiary alicyclic amines) is 1. The lowest BCUT2D eigenvalue weighted by atomic mass is 9.68. The first-order valence-corrected chi connectivity index (χ1v) is 7.56. The molecule has 3 rings (SSSR count). The molecule has 2 nitrogen and oxygen atoms in total. The Balaban J connectivity index is 1.66. The van der Waals surface area contributed by atoms with Crippen molar-refractivity contribution in [2.24, 2.45) is 17.8 Å². The minimum absolute atomic E-state index is 0.665. The fraction of sp³-hybridized carbons (Fsp3) is 0.588. The van der Waals surface area contributed by atoms with Crippen molar-refractivity contribution in [3.05, 3.63) is 35.9 Å². The number of rotatable bonds is 4. The SMILES string of the molecule is O=CCC1C2CCCC1CN(Cc1ccccc1)C2. The van der Waals surface area contributed by atoms with Crippen molar-refractivity contribution in [3.63, 3.8) is 0 Å². The molecule has 1 aromatic rings. The Hall–Kier alpha value is -1.15. The van der Waals surface area contributed by atoms with Crippen molar-refractivity contribution in [1.29, 1.82) is 0 Å². The maximum atomic E-state index is 10.9. The van der Waals surface area contributed by atoms with E-state index < -0.39 is 0 Å². The summed E-state index contributed by atoms with van der Waals surface area (Å²) in [6.07, 6.45) is 5.93. The zero-order chi connectivity index (χ0) is 13.1. The first-order valence-electron chi connectivity index (χ1n) is 7.56. The minimum atomic E-state index is 0.665. The van der Waals surface area contributed by atoms with Gasteiger partial charge in [-0.2, -0.15) is 0 Å². The lowest BCUT2D eigenvalue weighted by Gasteiger charge is -2.47. The highest BCUT2D eigenvalue weighted by Gasteiger charge is 2.38. The molecule has 19 heavy (non-hydrogen) atoms. The highest BCUT2D eigenvalue weighted by Crippen LogP contribution is 2.41. The molecule has 2 fully saturated rings. The van der Waals surface area contributed by atoms with E-state index in [4.69, 9.17) is 0 Å². The van der Waals surface area contributed by atoms with E-state index in [9.17, 15) is 4.79 Å². The van der Waals surface area contributed by atoms with Crippen molar-refractivity contribution in [2.75, 3.05) is 13.1 Å². The Morgan fingerprint density at radius 3 is 2.42 bits per heavy atom. The fourth-order valence-electron chi connectivity index (χ4n) is 4.11. The van der Waals surface area contributed by atoms with Gasteiger partial charge in [-0.05, 0) is 36.2 Å². The smallest absolute Gasteiger partial charge is 0.120 e. The molecule has 2 bridgehead atoms. The zero-order valence-corrected chi connectivity index (χ0v) is 11.5. The second-order valence-electron chi connectivity index (χ2n) is 6.20. The van der Waals surface area contributed by atoms with Crippen LogP contribution in [-0.2, 0) is 11.3 Å². The molecule has 1 aliphatic carbocycles. The summed E-state index contributed by atoms with van der Waals surface area (Å²) in [5.41, 5.74) is 1.41. The van der Waals surface area contributed by atoms with Crippen LogP contribution in [0.1, 0.15) is 31.2 Å². The highest BCUT2D eigenvalue weighted by molar-refractivity contribution is 5.50. The van der Waals surface area contributed by atoms with Gasteiger partial charge >= 0.3 is 0 Å². The molecular formula is C17H23NO. The Morgan fingerprint density at radius 1 is 1.11 bits per heavy atom. The fourth-order valence-corrected chi connectivity index (χ4v) is 4.11. The summed E-state index contributed by atoms with van der Waals surface area (Å²) in [6.45, 7) is 3.44. The predicted molar refractivity (Wildman–Crippen MR) is 76.7 cm³/mol. The average molecular weight is 257 g/mol. The molecule has 0 spiro atoms. The van der Waals surface area contributed by atoms with E-state index in [0.717, 1.165) is 31.1 Å². The largest absolute Gasteiger partial charge is 0.303 e. The van der Waals surface area contributed by atoms with Crippen molar-refractivity contribution in [3.8, 4) is 0 Å². The van der Waals surface area contributed by atoms with Gasteiger partial charge in [-0.15, -0.1) is 0 Å². The van der Waals surface area contributed by atoms with E-state index in [2.05, 4.69) is 35.2 Å². The Kier molecular flexibility index (Phi) is 3.97. The molecule has 0 amide bonds. The molecule has 2 aliphatic rings. The number of fused-ring (bicyclic) bond motifs is 2. The Morgan fingerprint density at radius 2 is 1.79 bits per heavy atom. The average Bonchev–Trinajstić information content (AvgIpc) is 2.41. The summed E-state index contributed by atoms with van der Waals surface area (Å²) in [5, 5.41) is 0. The third kappa shape index (κ3) is 2.89. The van der Waals surface area contributed by atoms with E-state index in [1.807, 2.05) is 0 Å². The van der Waals surface area contributed by atoms with Gasteiger partial charge in [0, 0.05) is 26.1 Å². The minimum Gasteiger partial charge on any atom is -0.303 e. The van der Waals surface area contributed by atoms with Crippen LogP contribution in [0.15, 0.2) is 30.3 Å². The molecular weight excluding hydrogens is 234 g/mol. The van der Waals surface area contributed by atoms with Crippen LogP contribution in [0, 0.1) is 17.8 Å². The van der Waals surface area contributed by atoms with E-state index in [1.54, 1.807) is 0 Å². The number of hydrogen-bond donors (Lipinski definition) is 0. The van der Waals surface area contributed by atoms with Crippen molar-refractivity contribution in [1.82, 2.24) is 4.90 Å². The van der Waals surface area contributed by atoms with Gasteiger partial charge in [-0.1, -0.05) is 36.8 Å². The molecule has 0 radical (unpaired) electrons. The first-order chi connectivity index (χ1) is 9.36. The molecule has 102 valence electrons.